The molecular weight excluding hydrogens is 216 g/mol. The Balaban J connectivity index is 0.00000144. The van der Waals surface area contributed by atoms with Crippen molar-refractivity contribution in [3.8, 4) is 0 Å². The van der Waals surface area contributed by atoms with Crippen LogP contribution in [-0.4, -0.2) is 0 Å². The molecule has 0 radical (unpaired) electrons. The normalized spacial score (nSPS) is 36.3. The topological polar surface area (TPSA) is 0 Å². The van der Waals surface area contributed by atoms with Crippen molar-refractivity contribution >= 4 is 0 Å². The van der Waals surface area contributed by atoms with E-state index < -0.39 is 0 Å². The van der Waals surface area contributed by atoms with Crippen molar-refractivity contribution in [2.24, 2.45) is 23.7 Å². The van der Waals surface area contributed by atoms with E-state index in [0.717, 1.165) is 23.7 Å². The number of hydrogen-bond acceptors (Lipinski definition) is 0. The van der Waals surface area contributed by atoms with Crippen LogP contribution in [0.3, 0.4) is 0 Å². The highest BCUT2D eigenvalue weighted by atomic mass is 14.3. The molecule has 2 saturated carbocycles. The molecule has 2 fully saturated rings. The van der Waals surface area contributed by atoms with Gasteiger partial charge in [-0.15, -0.1) is 0 Å². The van der Waals surface area contributed by atoms with E-state index in [-0.39, 0.29) is 14.9 Å². The first kappa shape index (κ1) is 18.0. The molecule has 0 aromatic rings. The minimum atomic E-state index is 0. The van der Waals surface area contributed by atoms with Crippen LogP contribution in [0.2, 0.25) is 0 Å². The lowest BCUT2D eigenvalue weighted by Crippen LogP contribution is -2.25. The van der Waals surface area contributed by atoms with Crippen molar-refractivity contribution in [2.75, 3.05) is 0 Å². The second-order valence-corrected chi connectivity index (χ2v) is 6.59. The van der Waals surface area contributed by atoms with E-state index in [1.807, 2.05) is 0 Å². The van der Waals surface area contributed by atoms with Gasteiger partial charge in [-0.25, -0.2) is 0 Å². The van der Waals surface area contributed by atoms with E-state index in [1.165, 1.54) is 25.7 Å². The summed E-state index contributed by atoms with van der Waals surface area (Å²) in [7, 11) is 0. The van der Waals surface area contributed by atoms with Crippen LogP contribution in [0.5, 0.6) is 0 Å². The summed E-state index contributed by atoms with van der Waals surface area (Å²) in [6.07, 6.45) is 15.2. The standard InChI is InChI=1S/C16H30.2CH4/c1-3-4-14-7-11-16(12-8-14)15-9-5-13(2)6-10-15;;/h13-16H,3-12H2,1-2H3;2*1H4. The molecule has 0 aromatic carbocycles. The Hall–Kier alpha value is 0. The Kier molecular flexibility index (Phi) is 8.99. The SMILES string of the molecule is C.C.CCCC1CCC(C2CCC(C)CC2)CC1. The molecule has 2 aliphatic carbocycles. The molecule has 0 aliphatic heterocycles. The zero-order valence-corrected chi connectivity index (χ0v) is 11.4. The highest BCUT2D eigenvalue weighted by Gasteiger charge is 2.29. The quantitative estimate of drug-likeness (QED) is 0.526. The average Bonchev–Trinajstić information content (AvgIpc) is 2.32. The van der Waals surface area contributed by atoms with Gasteiger partial charge in [-0.3, -0.25) is 0 Å². The van der Waals surface area contributed by atoms with Crippen molar-refractivity contribution in [2.45, 2.75) is 92.9 Å². The van der Waals surface area contributed by atoms with Gasteiger partial charge in [0.2, 0.25) is 0 Å². The van der Waals surface area contributed by atoms with Gasteiger partial charge in [0.1, 0.15) is 0 Å². The van der Waals surface area contributed by atoms with Gasteiger partial charge in [-0.2, -0.15) is 0 Å². The molecule has 0 unspecified atom stereocenters. The lowest BCUT2D eigenvalue weighted by atomic mass is 9.69. The number of rotatable bonds is 3. The molecule has 0 nitrogen and oxygen atoms in total. The Morgan fingerprint density at radius 3 is 1.61 bits per heavy atom. The maximum absolute atomic E-state index is 2.44. The molecule has 0 heterocycles. The van der Waals surface area contributed by atoms with Crippen LogP contribution in [-0.2, 0) is 0 Å². The molecule has 0 atom stereocenters. The van der Waals surface area contributed by atoms with Crippen LogP contribution < -0.4 is 0 Å². The molecule has 18 heavy (non-hydrogen) atoms. The highest BCUT2D eigenvalue weighted by molar-refractivity contribution is 4.81. The fourth-order valence-electron chi connectivity index (χ4n) is 4.11. The molecule has 2 rings (SSSR count). The summed E-state index contributed by atoms with van der Waals surface area (Å²) in [5.74, 6) is 4.33. The minimum absolute atomic E-state index is 0. The third kappa shape index (κ3) is 4.94. The zero-order chi connectivity index (χ0) is 11.4. The van der Waals surface area contributed by atoms with Crippen molar-refractivity contribution in [1.82, 2.24) is 0 Å². The summed E-state index contributed by atoms with van der Waals surface area (Å²) in [6.45, 7) is 4.78. The molecule has 110 valence electrons. The van der Waals surface area contributed by atoms with E-state index in [1.54, 1.807) is 38.5 Å². The summed E-state index contributed by atoms with van der Waals surface area (Å²) < 4.78 is 0. The fraction of sp³-hybridized carbons (Fsp3) is 1.00. The van der Waals surface area contributed by atoms with Gasteiger partial charge in [-0.1, -0.05) is 67.2 Å². The molecule has 0 N–H and O–H groups in total. The predicted molar refractivity (Wildman–Crippen MR) is 84.9 cm³/mol. The summed E-state index contributed by atoms with van der Waals surface area (Å²) in [4.78, 5) is 0. The minimum Gasteiger partial charge on any atom is -0.0776 e. The van der Waals surface area contributed by atoms with E-state index >= 15 is 0 Å². The van der Waals surface area contributed by atoms with Gasteiger partial charge in [-0.05, 0) is 49.4 Å². The molecule has 0 bridgehead atoms. The van der Waals surface area contributed by atoms with Crippen molar-refractivity contribution in [3.05, 3.63) is 0 Å². The molecule has 0 amide bonds. The molecule has 0 saturated heterocycles. The largest absolute Gasteiger partial charge is 0.0776 e. The maximum Gasteiger partial charge on any atom is -0.0386 e. The third-order valence-electron chi connectivity index (χ3n) is 5.32. The fourth-order valence-corrected chi connectivity index (χ4v) is 4.11. The molecule has 0 spiro atoms. The van der Waals surface area contributed by atoms with Crippen LogP contribution in [0.4, 0.5) is 0 Å². The third-order valence-corrected chi connectivity index (χ3v) is 5.32. The van der Waals surface area contributed by atoms with Gasteiger partial charge in [0.15, 0.2) is 0 Å². The van der Waals surface area contributed by atoms with Crippen molar-refractivity contribution < 1.29 is 0 Å². The molecule has 0 heteroatoms. The van der Waals surface area contributed by atoms with Crippen molar-refractivity contribution in [3.63, 3.8) is 0 Å². The lowest BCUT2D eigenvalue weighted by molar-refractivity contribution is 0.147. The zero-order valence-electron chi connectivity index (χ0n) is 11.4. The van der Waals surface area contributed by atoms with Crippen LogP contribution in [0.25, 0.3) is 0 Å². The van der Waals surface area contributed by atoms with Gasteiger partial charge >= 0.3 is 0 Å². The second-order valence-electron chi connectivity index (χ2n) is 6.59. The summed E-state index contributed by atoms with van der Waals surface area (Å²) in [6, 6.07) is 0. The second kappa shape index (κ2) is 8.99. The molecular formula is C18H38. The Morgan fingerprint density at radius 1 is 0.722 bits per heavy atom. The summed E-state index contributed by atoms with van der Waals surface area (Å²) >= 11 is 0. The monoisotopic (exact) mass is 254 g/mol. The lowest BCUT2D eigenvalue weighted by Gasteiger charge is -2.37. The average molecular weight is 255 g/mol. The van der Waals surface area contributed by atoms with Gasteiger partial charge in [0.05, 0.1) is 0 Å². The summed E-state index contributed by atoms with van der Waals surface area (Å²) in [5, 5.41) is 0. The maximum atomic E-state index is 2.44. The van der Waals surface area contributed by atoms with Crippen LogP contribution in [0, 0.1) is 23.7 Å². The smallest absolute Gasteiger partial charge is 0.0386 e. The molecule has 2 aliphatic rings. The summed E-state index contributed by atoms with van der Waals surface area (Å²) in [5.41, 5.74) is 0. The van der Waals surface area contributed by atoms with E-state index in [0.29, 0.717) is 0 Å². The van der Waals surface area contributed by atoms with Crippen molar-refractivity contribution in [1.29, 1.82) is 0 Å². The van der Waals surface area contributed by atoms with Gasteiger partial charge in [0.25, 0.3) is 0 Å². The van der Waals surface area contributed by atoms with E-state index in [2.05, 4.69) is 13.8 Å². The van der Waals surface area contributed by atoms with E-state index in [4.69, 9.17) is 0 Å². The van der Waals surface area contributed by atoms with Gasteiger partial charge < -0.3 is 0 Å². The predicted octanol–water partition coefficient (Wildman–Crippen LogP) is 6.69. The van der Waals surface area contributed by atoms with E-state index in [9.17, 15) is 0 Å². The first-order chi connectivity index (χ1) is 7.79. The first-order valence-corrected chi connectivity index (χ1v) is 7.79. The van der Waals surface area contributed by atoms with Crippen LogP contribution in [0.15, 0.2) is 0 Å². The Bertz CT molecular complexity index is 180. The Labute approximate surface area is 117 Å². The Morgan fingerprint density at radius 2 is 1.17 bits per heavy atom. The first-order valence-electron chi connectivity index (χ1n) is 7.79. The number of hydrogen-bond donors (Lipinski definition) is 0. The van der Waals surface area contributed by atoms with Gasteiger partial charge in [0, 0.05) is 0 Å². The molecule has 0 aromatic heterocycles. The van der Waals surface area contributed by atoms with Crippen LogP contribution in [0.1, 0.15) is 92.9 Å². The highest BCUT2D eigenvalue weighted by Crippen LogP contribution is 2.41. The van der Waals surface area contributed by atoms with Crippen LogP contribution >= 0.6 is 0 Å².